The van der Waals surface area contributed by atoms with Crippen LogP contribution in [-0.4, -0.2) is 44.6 Å². The van der Waals surface area contributed by atoms with Crippen molar-refractivity contribution >= 4 is 23.3 Å². The second kappa shape index (κ2) is 7.85. The summed E-state index contributed by atoms with van der Waals surface area (Å²) in [5.41, 5.74) is 0.924. The zero-order chi connectivity index (χ0) is 22.3. The molecule has 0 unspecified atom stereocenters. The Morgan fingerprint density at radius 2 is 2.13 bits per heavy atom. The lowest BCUT2D eigenvalue weighted by atomic mass is 10.00. The van der Waals surface area contributed by atoms with Crippen LogP contribution >= 0.6 is 0 Å². The van der Waals surface area contributed by atoms with E-state index in [-0.39, 0.29) is 24.3 Å². The van der Waals surface area contributed by atoms with E-state index in [0.717, 1.165) is 0 Å². The Bertz CT molecular complexity index is 1240. The van der Waals surface area contributed by atoms with Crippen molar-refractivity contribution in [3.63, 3.8) is 0 Å². The number of hydrogen-bond acceptors (Lipinski definition) is 6. The first-order valence-electron chi connectivity index (χ1n) is 9.34. The van der Waals surface area contributed by atoms with E-state index < -0.39 is 24.1 Å². The van der Waals surface area contributed by atoms with Gasteiger partial charge in [0.25, 0.3) is 6.43 Å². The Hall–Kier alpha value is -3.71. The molecule has 1 saturated heterocycles. The number of fused-ring (bicyclic) bond motifs is 1. The number of aliphatic hydroxyl groups is 1. The summed E-state index contributed by atoms with van der Waals surface area (Å²) in [5.74, 6) is -0.0634. The minimum Gasteiger partial charge on any atom is -0.389 e. The van der Waals surface area contributed by atoms with Crippen LogP contribution in [0, 0.1) is 18.3 Å². The van der Waals surface area contributed by atoms with Crippen LogP contribution in [-0.2, 0) is 0 Å². The van der Waals surface area contributed by atoms with Gasteiger partial charge in [-0.05, 0) is 25.2 Å². The Kier molecular flexibility index (Phi) is 5.20. The van der Waals surface area contributed by atoms with E-state index in [9.17, 15) is 23.5 Å². The highest BCUT2D eigenvalue weighted by Gasteiger charge is 2.32. The van der Waals surface area contributed by atoms with E-state index in [1.807, 2.05) is 0 Å². The maximum Gasteiger partial charge on any atom is 0.283 e. The molecule has 1 N–H and O–H groups in total. The van der Waals surface area contributed by atoms with Crippen molar-refractivity contribution in [2.45, 2.75) is 19.5 Å². The van der Waals surface area contributed by atoms with Gasteiger partial charge in [0.2, 0.25) is 0 Å². The number of allylic oxidation sites excluding steroid dienone is 5. The summed E-state index contributed by atoms with van der Waals surface area (Å²) >= 11 is 0. The molecule has 3 heterocycles. The lowest BCUT2D eigenvalue weighted by Gasteiger charge is -2.38. The van der Waals surface area contributed by atoms with Gasteiger partial charge >= 0.3 is 0 Å². The number of nitrogens with zero attached hydrogens (tertiary/aromatic N) is 6. The smallest absolute Gasteiger partial charge is 0.283 e. The Morgan fingerprint density at radius 3 is 2.74 bits per heavy atom. The fraction of sp³-hybridized carbons (Fsp3) is 0.238. The number of β-amino-alcohol motifs (C(OH)–C–C–N with tert-alkyl or cyclic N) is 1. The highest BCUT2D eigenvalue weighted by atomic mass is 19.3. The quantitative estimate of drug-likeness (QED) is 0.809. The molecule has 7 nitrogen and oxygen atoms in total. The highest BCUT2D eigenvalue weighted by Crippen LogP contribution is 2.34. The molecule has 31 heavy (non-hydrogen) atoms. The average molecular weight is 426 g/mol. The molecule has 4 rings (SSSR count). The number of rotatable bonds is 4. The number of anilines is 1. The summed E-state index contributed by atoms with van der Waals surface area (Å²) in [5, 5.41) is 23.2. The minimum absolute atomic E-state index is 0.0129. The SMILES string of the molecule is C=CN=C1C=C(F)C=C/C1=C\c1c(C)nc2c(C#N)c(C(F)F)nn2c1N1CC(O)C1. The molecule has 158 valence electrons. The van der Waals surface area contributed by atoms with Gasteiger partial charge < -0.3 is 10.0 Å². The fourth-order valence-corrected chi connectivity index (χ4v) is 3.54. The molecule has 2 aliphatic rings. The summed E-state index contributed by atoms with van der Waals surface area (Å²) in [7, 11) is 0. The van der Waals surface area contributed by atoms with E-state index in [1.54, 1.807) is 24.0 Å². The van der Waals surface area contributed by atoms with Gasteiger partial charge in [0.05, 0.1) is 17.5 Å². The normalized spacial score (nSPS) is 19.3. The summed E-state index contributed by atoms with van der Waals surface area (Å²) in [6.07, 6.45) is 3.51. The number of aliphatic imine (C=N–C) groups is 1. The van der Waals surface area contributed by atoms with Gasteiger partial charge in [-0.3, -0.25) is 4.99 Å². The maximum atomic E-state index is 13.7. The van der Waals surface area contributed by atoms with Crippen molar-refractivity contribution in [2.24, 2.45) is 4.99 Å². The third-order valence-electron chi connectivity index (χ3n) is 5.00. The van der Waals surface area contributed by atoms with Crippen molar-refractivity contribution in [3.05, 3.63) is 64.9 Å². The standard InChI is InChI=1S/C21H17F3N6O/c1-3-26-17-7-13(22)5-4-12(17)6-15-11(2)27-20-16(8-25)18(19(23)24)28-30(20)21(15)29-9-14(31)10-29/h3-7,14,19,31H,1,9-10H2,2H3/b12-6+,26-17?. The zero-order valence-electron chi connectivity index (χ0n) is 16.4. The molecule has 2 aromatic rings. The summed E-state index contributed by atoms with van der Waals surface area (Å²) in [6, 6.07) is 1.77. The Balaban J connectivity index is 2.00. The number of halogens is 3. The molecule has 0 saturated carbocycles. The van der Waals surface area contributed by atoms with Crippen molar-refractivity contribution in [1.29, 1.82) is 5.26 Å². The Morgan fingerprint density at radius 1 is 1.39 bits per heavy atom. The van der Waals surface area contributed by atoms with Crippen LogP contribution in [0.5, 0.6) is 0 Å². The molecule has 10 heteroatoms. The van der Waals surface area contributed by atoms with Crippen LogP contribution in [0.15, 0.2) is 47.4 Å². The predicted octanol–water partition coefficient (Wildman–Crippen LogP) is 3.42. The average Bonchev–Trinajstić information content (AvgIpc) is 3.06. The monoisotopic (exact) mass is 426 g/mol. The highest BCUT2D eigenvalue weighted by molar-refractivity contribution is 6.15. The summed E-state index contributed by atoms with van der Waals surface area (Å²) in [6.45, 7) is 5.74. The van der Waals surface area contributed by atoms with Crippen molar-refractivity contribution in [1.82, 2.24) is 14.6 Å². The van der Waals surface area contributed by atoms with Crippen molar-refractivity contribution < 1.29 is 18.3 Å². The molecule has 0 atom stereocenters. The topological polar surface area (TPSA) is 89.8 Å². The third kappa shape index (κ3) is 3.53. The summed E-state index contributed by atoms with van der Waals surface area (Å²) in [4.78, 5) is 10.2. The van der Waals surface area contributed by atoms with Gasteiger partial charge in [-0.1, -0.05) is 6.58 Å². The third-order valence-corrected chi connectivity index (χ3v) is 5.00. The number of nitriles is 1. The van der Waals surface area contributed by atoms with Gasteiger partial charge in [-0.2, -0.15) is 14.9 Å². The lowest BCUT2D eigenvalue weighted by molar-refractivity contribution is 0.139. The molecule has 2 aromatic heterocycles. The van der Waals surface area contributed by atoms with Crippen LogP contribution in [0.2, 0.25) is 0 Å². The number of hydrogen-bond donors (Lipinski definition) is 1. The maximum absolute atomic E-state index is 13.7. The number of aromatic nitrogens is 3. The summed E-state index contributed by atoms with van der Waals surface area (Å²) < 4.78 is 41.9. The lowest BCUT2D eigenvalue weighted by Crippen LogP contribution is -2.52. The molecule has 1 aliphatic carbocycles. The van der Waals surface area contributed by atoms with E-state index in [1.165, 1.54) is 28.9 Å². The van der Waals surface area contributed by atoms with Crippen LogP contribution in [0.4, 0.5) is 19.0 Å². The molecular weight excluding hydrogens is 409 g/mol. The molecule has 0 amide bonds. The number of aliphatic hydroxyl groups excluding tert-OH is 1. The van der Waals surface area contributed by atoms with Crippen LogP contribution in [0.25, 0.3) is 11.7 Å². The van der Waals surface area contributed by atoms with Crippen LogP contribution in [0.1, 0.15) is 28.9 Å². The molecule has 0 bridgehead atoms. The van der Waals surface area contributed by atoms with Gasteiger partial charge in [0.15, 0.2) is 5.65 Å². The molecule has 0 spiro atoms. The van der Waals surface area contributed by atoms with Gasteiger partial charge in [-0.25, -0.2) is 18.2 Å². The molecule has 1 aliphatic heterocycles. The van der Waals surface area contributed by atoms with E-state index in [2.05, 4.69) is 21.7 Å². The number of alkyl halides is 2. The first-order valence-corrected chi connectivity index (χ1v) is 9.34. The largest absolute Gasteiger partial charge is 0.389 e. The van der Waals surface area contributed by atoms with Crippen molar-refractivity contribution in [2.75, 3.05) is 18.0 Å². The second-order valence-electron chi connectivity index (χ2n) is 7.06. The molecule has 0 radical (unpaired) electrons. The van der Waals surface area contributed by atoms with Crippen LogP contribution in [0.3, 0.4) is 0 Å². The van der Waals surface area contributed by atoms with Gasteiger partial charge in [-0.15, -0.1) is 0 Å². The fourth-order valence-electron chi connectivity index (χ4n) is 3.54. The van der Waals surface area contributed by atoms with E-state index in [0.29, 0.717) is 28.4 Å². The van der Waals surface area contributed by atoms with Crippen LogP contribution < -0.4 is 4.90 Å². The Labute approximate surface area is 175 Å². The van der Waals surface area contributed by atoms with E-state index in [4.69, 9.17) is 0 Å². The first-order chi connectivity index (χ1) is 14.8. The number of aryl methyl sites for hydroxylation is 1. The zero-order valence-corrected chi connectivity index (χ0v) is 16.4. The first kappa shape index (κ1) is 20.6. The minimum atomic E-state index is -2.95. The molecule has 1 fully saturated rings. The van der Waals surface area contributed by atoms with E-state index >= 15 is 0 Å². The van der Waals surface area contributed by atoms with Crippen molar-refractivity contribution in [3.8, 4) is 6.07 Å². The second-order valence-corrected chi connectivity index (χ2v) is 7.06. The van der Waals surface area contributed by atoms with Gasteiger partial charge in [0, 0.05) is 36.5 Å². The molecule has 0 aromatic carbocycles. The van der Waals surface area contributed by atoms with Gasteiger partial charge in [0.1, 0.15) is 29.0 Å². The predicted molar refractivity (Wildman–Crippen MR) is 110 cm³/mol. The molecular formula is C21H17F3N6O.